The molecule has 0 amide bonds. The van der Waals surface area contributed by atoms with Gasteiger partial charge in [0.2, 0.25) is 0 Å². The van der Waals surface area contributed by atoms with Gasteiger partial charge in [-0.25, -0.2) is 4.98 Å². The molecular formula is C16H19N3S2. The van der Waals surface area contributed by atoms with Crippen LogP contribution in [0.4, 0.5) is 0 Å². The van der Waals surface area contributed by atoms with Crippen LogP contribution < -0.4 is 5.32 Å². The van der Waals surface area contributed by atoms with Gasteiger partial charge in [0.1, 0.15) is 5.01 Å². The standard InChI is InChI=1S/C16H19N3S2/c1-3-6-17-10-15-12(4-2)19-16(21-15)11-8-14-13(18-9-11)5-7-20-14/h5,7-9,17H,3-4,6,10H2,1-2H3. The number of hydrogen-bond acceptors (Lipinski definition) is 5. The molecule has 0 saturated carbocycles. The molecule has 3 aromatic rings. The maximum atomic E-state index is 4.81. The molecule has 3 aromatic heterocycles. The fourth-order valence-corrected chi connectivity index (χ4v) is 4.14. The van der Waals surface area contributed by atoms with E-state index in [1.165, 1.54) is 15.3 Å². The summed E-state index contributed by atoms with van der Waals surface area (Å²) >= 11 is 3.52. The molecule has 0 unspecified atom stereocenters. The Morgan fingerprint density at radius 2 is 2.19 bits per heavy atom. The Labute approximate surface area is 133 Å². The second kappa shape index (κ2) is 6.64. The van der Waals surface area contributed by atoms with Crippen LogP contribution >= 0.6 is 22.7 Å². The summed E-state index contributed by atoms with van der Waals surface area (Å²) in [5.41, 5.74) is 3.41. The smallest absolute Gasteiger partial charge is 0.125 e. The third kappa shape index (κ3) is 3.15. The van der Waals surface area contributed by atoms with Crippen molar-refractivity contribution in [2.45, 2.75) is 33.2 Å². The first-order chi connectivity index (χ1) is 10.3. The van der Waals surface area contributed by atoms with Crippen molar-refractivity contribution in [2.75, 3.05) is 6.54 Å². The molecule has 0 aliphatic carbocycles. The minimum Gasteiger partial charge on any atom is -0.312 e. The zero-order valence-electron chi connectivity index (χ0n) is 12.3. The first kappa shape index (κ1) is 14.6. The molecule has 3 nitrogen and oxygen atoms in total. The first-order valence-electron chi connectivity index (χ1n) is 7.34. The molecule has 0 aromatic carbocycles. The van der Waals surface area contributed by atoms with Crippen LogP contribution in [-0.2, 0) is 13.0 Å². The summed E-state index contributed by atoms with van der Waals surface area (Å²) < 4.78 is 1.23. The summed E-state index contributed by atoms with van der Waals surface area (Å²) in [5.74, 6) is 0. The Balaban J connectivity index is 1.90. The highest BCUT2D eigenvalue weighted by atomic mass is 32.1. The number of pyridine rings is 1. The van der Waals surface area contributed by atoms with Gasteiger partial charge in [0, 0.05) is 23.2 Å². The molecule has 5 heteroatoms. The Morgan fingerprint density at radius 1 is 1.29 bits per heavy atom. The second-order valence-corrected chi connectivity index (χ2v) is 6.98. The lowest BCUT2D eigenvalue weighted by Gasteiger charge is -2.01. The number of thiophene rings is 1. The molecule has 3 rings (SSSR count). The highest BCUT2D eigenvalue weighted by Crippen LogP contribution is 2.31. The second-order valence-electron chi connectivity index (χ2n) is 4.95. The minimum absolute atomic E-state index is 0.920. The van der Waals surface area contributed by atoms with Crippen LogP contribution in [0.3, 0.4) is 0 Å². The van der Waals surface area contributed by atoms with Gasteiger partial charge in [-0.1, -0.05) is 13.8 Å². The van der Waals surface area contributed by atoms with Crippen molar-refractivity contribution in [2.24, 2.45) is 0 Å². The van der Waals surface area contributed by atoms with Crippen molar-refractivity contribution in [3.05, 3.63) is 34.3 Å². The molecule has 0 bridgehead atoms. The fourth-order valence-electron chi connectivity index (χ4n) is 2.26. The molecule has 3 heterocycles. The zero-order chi connectivity index (χ0) is 14.7. The molecule has 1 N–H and O–H groups in total. The summed E-state index contributed by atoms with van der Waals surface area (Å²) in [6, 6.07) is 4.26. The van der Waals surface area contributed by atoms with Crippen LogP contribution in [0, 0.1) is 0 Å². The number of rotatable bonds is 6. The van der Waals surface area contributed by atoms with Crippen LogP contribution in [0.2, 0.25) is 0 Å². The minimum atomic E-state index is 0.920. The van der Waals surface area contributed by atoms with Crippen molar-refractivity contribution >= 4 is 32.9 Å². The molecule has 0 saturated heterocycles. The van der Waals surface area contributed by atoms with Crippen molar-refractivity contribution in [1.82, 2.24) is 15.3 Å². The fraction of sp³-hybridized carbons (Fsp3) is 0.375. The van der Waals surface area contributed by atoms with Gasteiger partial charge in [-0.05, 0) is 36.9 Å². The van der Waals surface area contributed by atoms with Gasteiger partial charge in [0.15, 0.2) is 0 Å². The van der Waals surface area contributed by atoms with Crippen LogP contribution in [-0.4, -0.2) is 16.5 Å². The quantitative estimate of drug-likeness (QED) is 0.681. The highest BCUT2D eigenvalue weighted by Gasteiger charge is 2.12. The number of thiazole rings is 1. The van der Waals surface area contributed by atoms with Gasteiger partial charge in [-0.3, -0.25) is 4.98 Å². The SMILES string of the molecule is CCCNCc1sc(-c2cnc3ccsc3c2)nc1CC. The molecule has 0 fully saturated rings. The molecule has 110 valence electrons. The number of aryl methyl sites for hydroxylation is 1. The van der Waals surface area contributed by atoms with Gasteiger partial charge >= 0.3 is 0 Å². The molecule has 0 spiro atoms. The van der Waals surface area contributed by atoms with Crippen LogP contribution in [0.25, 0.3) is 20.8 Å². The zero-order valence-corrected chi connectivity index (χ0v) is 14.0. The van der Waals surface area contributed by atoms with Crippen LogP contribution in [0.5, 0.6) is 0 Å². The largest absolute Gasteiger partial charge is 0.312 e. The predicted octanol–water partition coefficient (Wildman–Crippen LogP) is 4.48. The van der Waals surface area contributed by atoms with E-state index >= 15 is 0 Å². The summed E-state index contributed by atoms with van der Waals surface area (Å²) in [6.45, 7) is 6.33. The lowest BCUT2D eigenvalue weighted by atomic mass is 10.2. The van der Waals surface area contributed by atoms with E-state index in [1.54, 1.807) is 22.7 Å². The third-order valence-corrected chi connectivity index (χ3v) is 5.37. The molecular weight excluding hydrogens is 298 g/mol. The van der Waals surface area contributed by atoms with E-state index in [9.17, 15) is 0 Å². The van der Waals surface area contributed by atoms with E-state index in [0.29, 0.717) is 0 Å². The predicted molar refractivity (Wildman–Crippen MR) is 92.1 cm³/mol. The summed E-state index contributed by atoms with van der Waals surface area (Å²) in [7, 11) is 0. The van der Waals surface area contributed by atoms with Crippen LogP contribution in [0.1, 0.15) is 30.8 Å². The van der Waals surface area contributed by atoms with E-state index in [2.05, 4.69) is 41.7 Å². The average molecular weight is 317 g/mol. The molecule has 21 heavy (non-hydrogen) atoms. The van der Waals surface area contributed by atoms with E-state index in [4.69, 9.17) is 4.98 Å². The van der Waals surface area contributed by atoms with Gasteiger partial charge < -0.3 is 5.32 Å². The molecule has 0 aliphatic rings. The van der Waals surface area contributed by atoms with Crippen molar-refractivity contribution in [1.29, 1.82) is 0 Å². The Kier molecular flexibility index (Phi) is 4.63. The summed E-state index contributed by atoms with van der Waals surface area (Å²) in [4.78, 5) is 10.7. The average Bonchev–Trinajstić information content (AvgIpc) is 3.13. The van der Waals surface area contributed by atoms with Crippen LogP contribution in [0.15, 0.2) is 23.7 Å². The molecule has 0 atom stereocenters. The topological polar surface area (TPSA) is 37.8 Å². The number of nitrogens with zero attached hydrogens (tertiary/aromatic N) is 2. The molecule has 0 radical (unpaired) electrons. The Morgan fingerprint density at radius 3 is 3.00 bits per heavy atom. The van der Waals surface area contributed by atoms with Gasteiger partial charge in [-0.2, -0.15) is 0 Å². The normalized spacial score (nSPS) is 11.3. The van der Waals surface area contributed by atoms with Crippen molar-refractivity contribution < 1.29 is 0 Å². The third-order valence-electron chi connectivity index (χ3n) is 3.38. The number of fused-ring (bicyclic) bond motifs is 1. The van der Waals surface area contributed by atoms with E-state index in [-0.39, 0.29) is 0 Å². The van der Waals surface area contributed by atoms with Gasteiger partial charge in [0.05, 0.1) is 15.9 Å². The van der Waals surface area contributed by atoms with Crippen molar-refractivity contribution in [3.8, 4) is 10.6 Å². The number of nitrogens with one attached hydrogen (secondary N) is 1. The number of aromatic nitrogens is 2. The Hall–Kier alpha value is -1.30. The lowest BCUT2D eigenvalue weighted by Crippen LogP contribution is -2.13. The first-order valence-corrected chi connectivity index (χ1v) is 9.04. The van der Waals surface area contributed by atoms with E-state index < -0.39 is 0 Å². The maximum Gasteiger partial charge on any atom is 0.125 e. The number of hydrogen-bond donors (Lipinski definition) is 1. The van der Waals surface area contributed by atoms with Gasteiger partial charge in [0.25, 0.3) is 0 Å². The van der Waals surface area contributed by atoms with Gasteiger partial charge in [-0.15, -0.1) is 22.7 Å². The monoisotopic (exact) mass is 317 g/mol. The van der Waals surface area contributed by atoms with Crippen molar-refractivity contribution in [3.63, 3.8) is 0 Å². The Bertz CT molecular complexity index is 730. The highest BCUT2D eigenvalue weighted by molar-refractivity contribution is 7.17. The van der Waals surface area contributed by atoms with E-state index in [1.807, 2.05) is 6.20 Å². The summed E-state index contributed by atoms with van der Waals surface area (Å²) in [6.07, 6.45) is 4.08. The van der Waals surface area contributed by atoms with E-state index in [0.717, 1.165) is 42.0 Å². The maximum absolute atomic E-state index is 4.81. The lowest BCUT2D eigenvalue weighted by molar-refractivity contribution is 0.677. The molecule has 0 aliphatic heterocycles. The summed E-state index contributed by atoms with van der Waals surface area (Å²) in [5, 5.41) is 6.64.